The summed E-state index contributed by atoms with van der Waals surface area (Å²) in [6.45, 7) is 6.70. The molecule has 2 aliphatic heterocycles. The number of rotatable bonds is 9. The van der Waals surface area contributed by atoms with E-state index in [-0.39, 0.29) is 23.9 Å². The highest BCUT2D eigenvalue weighted by Gasteiger charge is 2.27. The van der Waals surface area contributed by atoms with Crippen LogP contribution < -0.4 is 4.90 Å². The highest BCUT2D eigenvalue weighted by Crippen LogP contribution is 2.36. The summed E-state index contributed by atoms with van der Waals surface area (Å²) in [7, 11) is 0. The number of thioether (sulfide) groups is 1. The number of fused-ring (bicyclic) bond motifs is 1. The van der Waals surface area contributed by atoms with Gasteiger partial charge in [0.15, 0.2) is 12.1 Å². The fraction of sp³-hybridized carbons (Fsp3) is 0.484. The summed E-state index contributed by atoms with van der Waals surface area (Å²) in [4.78, 5) is 16.3. The van der Waals surface area contributed by atoms with E-state index in [0.29, 0.717) is 64.1 Å². The van der Waals surface area contributed by atoms with Crippen molar-refractivity contribution >= 4 is 28.5 Å². The van der Waals surface area contributed by atoms with Gasteiger partial charge in [-0.25, -0.2) is 18.7 Å². The maximum atomic E-state index is 15.2. The van der Waals surface area contributed by atoms with Gasteiger partial charge in [-0.05, 0) is 61.9 Å². The maximum Gasteiger partial charge on any atom is 0.229 e. The van der Waals surface area contributed by atoms with Gasteiger partial charge in [-0.1, -0.05) is 25.1 Å². The molecule has 2 aliphatic rings. The average molecular weight is 596 g/mol. The van der Waals surface area contributed by atoms with E-state index < -0.39 is 5.82 Å². The molecule has 4 heterocycles. The second-order valence-electron chi connectivity index (χ2n) is 11.1. The van der Waals surface area contributed by atoms with Gasteiger partial charge in [0.2, 0.25) is 5.89 Å². The Morgan fingerprint density at radius 3 is 2.67 bits per heavy atom. The number of anilines is 1. The average Bonchev–Trinajstić information content (AvgIpc) is 3.51. The summed E-state index contributed by atoms with van der Waals surface area (Å²) in [5.74, 6) is 2.28. The maximum absolute atomic E-state index is 15.2. The molecule has 2 fully saturated rings. The monoisotopic (exact) mass is 595 g/mol. The second kappa shape index (κ2) is 13.0. The van der Waals surface area contributed by atoms with Crippen LogP contribution in [-0.2, 0) is 9.47 Å². The van der Waals surface area contributed by atoms with Crippen molar-refractivity contribution < 1.29 is 22.8 Å². The van der Waals surface area contributed by atoms with Crippen molar-refractivity contribution in [2.24, 2.45) is 0 Å². The van der Waals surface area contributed by atoms with Gasteiger partial charge >= 0.3 is 0 Å². The Kier molecular flexibility index (Phi) is 8.97. The zero-order valence-electron chi connectivity index (χ0n) is 23.9. The van der Waals surface area contributed by atoms with Gasteiger partial charge in [-0.3, -0.25) is 0 Å². The zero-order valence-corrected chi connectivity index (χ0v) is 24.7. The molecule has 11 heteroatoms. The smallest absolute Gasteiger partial charge is 0.229 e. The first-order valence-corrected chi connectivity index (χ1v) is 15.6. The number of benzene rings is 2. The highest BCUT2D eigenvalue weighted by molar-refractivity contribution is 7.99. The largest absolute Gasteiger partial charge is 0.356 e. The number of aromatic nitrogens is 4. The number of ether oxygens (including phenoxy) is 2. The predicted octanol–water partition coefficient (Wildman–Crippen LogP) is 7.10. The molecule has 0 radical (unpaired) electrons. The number of halogens is 2. The molecule has 42 heavy (non-hydrogen) atoms. The van der Waals surface area contributed by atoms with Gasteiger partial charge in [0.25, 0.3) is 0 Å². The molecule has 1 unspecified atom stereocenters. The van der Waals surface area contributed by atoms with Crippen LogP contribution in [0, 0.1) is 11.6 Å². The van der Waals surface area contributed by atoms with Gasteiger partial charge in [-0.2, -0.15) is 4.98 Å². The third kappa shape index (κ3) is 6.43. The van der Waals surface area contributed by atoms with E-state index in [0.717, 1.165) is 44.5 Å². The minimum atomic E-state index is -0.419. The molecule has 1 atom stereocenters. The van der Waals surface area contributed by atoms with Crippen LogP contribution in [-0.4, -0.2) is 58.5 Å². The predicted molar refractivity (Wildman–Crippen MR) is 158 cm³/mol. The summed E-state index contributed by atoms with van der Waals surface area (Å²) in [6, 6.07) is 7.87. The molecular formula is C31H35F2N5O3S. The Hall–Kier alpha value is -3.15. The van der Waals surface area contributed by atoms with Crippen molar-refractivity contribution in [1.82, 2.24) is 20.1 Å². The van der Waals surface area contributed by atoms with E-state index in [2.05, 4.69) is 25.0 Å². The molecule has 0 bridgehead atoms. The normalized spacial score (nSPS) is 18.3. The van der Waals surface area contributed by atoms with Crippen molar-refractivity contribution in [3.05, 3.63) is 60.0 Å². The van der Waals surface area contributed by atoms with Gasteiger partial charge < -0.3 is 18.9 Å². The molecule has 8 nitrogen and oxygen atoms in total. The minimum Gasteiger partial charge on any atom is -0.356 e. The molecule has 2 aromatic heterocycles. The van der Waals surface area contributed by atoms with Crippen LogP contribution in [0.5, 0.6) is 0 Å². The number of nitrogens with zero attached hydrogens (tertiary/aromatic N) is 5. The fourth-order valence-electron chi connectivity index (χ4n) is 5.55. The SMILES string of the molecule is CC(C)c1nc(C2CCN(c3ncnc4c(-c5ccc(SCCOC6CCCCO6)c(F)c5)cc(F)cc34)CC2)no1. The zero-order chi connectivity index (χ0) is 29.1. The van der Waals surface area contributed by atoms with Crippen LogP contribution in [0.25, 0.3) is 22.0 Å². The minimum absolute atomic E-state index is 0.158. The lowest BCUT2D eigenvalue weighted by molar-refractivity contribution is -0.158. The number of hydrogen-bond acceptors (Lipinski definition) is 9. The molecule has 0 aliphatic carbocycles. The third-order valence-corrected chi connectivity index (χ3v) is 8.83. The van der Waals surface area contributed by atoms with Gasteiger partial charge in [0.1, 0.15) is 23.8 Å². The molecule has 222 valence electrons. The summed E-state index contributed by atoms with van der Waals surface area (Å²) in [5.41, 5.74) is 1.68. The van der Waals surface area contributed by atoms with Crippen LogP contribution in [0.4, 0.5) is 14.6 Å². The van der Waals surface area contributed by atoms with Crippen molar-refractivity contribution in [2.45, 2.75) is 69.0 Å². The Labute approximate surface area is 248 Å². The van der Waals surface area contributed by atoms with E-state index in [1.54, 1.807) is 6.07 Å². The Balaban J connectivity index is 1.16. The van der Waals surface area contributed by atoms with Crippen molar-refractivity contribution in [3.63, 3.8) is 0 Å². The topological polar surface area (TPSA) is 86.4 Å². The van der Waals surface area contributed by atoms with Crippen LogP contribution in [0.2, 0.25) is 0 Å². The lowest BCUT2D eigenvalue weighted by Gasteiger charge is -2.32. The molecule has 2 saturated heterocycles. The van der Waals surface area contributed by atoms with Crippen LogP contribution in [0.15, 0.2) is 46.1 Å². The quantitative estimate of drug-likeness (QED) is 0.149. The van der Waals surface area contributed by atoms with Crippen LogP contribution >= 0.6 is 11.8 Å². The molecule has 0 N–H and O–H groups in total. The molecule has 6 rings (SSSR count). The first-order valence-electron chi connectivity index (χ1n) is 14.6. The number of piperidine rings is 1. The molecule has 0 amide bonds. The van der Waals surface area contributed by atoms with E-state index in [4.69, 9.17) is 14.0 Å². The van der Waals surface area contributed by atoms with E-state index in [1.807, 2.05) is 19.9 Å². The Morgan fingerprint density at radius 1 is 1.07 bits per heavy atom. The van der Waals surface area contributed by atoms with E-state index >= 15 is 4.39 Å². The Bertz CT molecular complexity index is 1520. The van der Waals surface area contributed by atoms with E-state index in [9.17, 15) is 4.39 Å². The summed E-state index contributed by atoms with van der Waals surface area (Å²) in [5, 5.41) is 4.80. The van der Waals surface area contributed by atoms with Crippen molar-refractivity contribution in [2.75, 3.05) is 37.0 Å². The first-order chi connectivity index (χ1) is 20.5. The highest BCUT2D eigenvalue weighted by atomic mass is 32.2. The van der Waals surface area contributed by atoms with Crippen LogP contribution in [0.1, 0.15) is 69.5 Å². The van der Waals surface area contributed by atoms with Crippen molar-refractivity contribution in [3.8, 4) is 11.1 Å². The summed E-state index contributed by atoms with van der Waals surface area (Å²) >= 11 is 1.39. The molecule has 2 aromatic carbocycles. The summed E-state index contributed by atoms with van der Waals surface area (Å²) < 4.78 is 46.9. The first kappa shape index (κ1) is 28.9. The molecule has 4 aromatic rings. The van der Waals surface area contributed by atoms with Gasteiger partial charge in [0, 0.05) is 53.1 Å². The third-order valence-electron chi connectivity index (χ3n) is 7.82. The summed E-state index contributed by atoms with van der Waals surface area (Å²) in [6.07, 6.45) is 6.07. The Morgan fingerprint density at radius 2 is 1.93 bits per heavy atom. The van der Waals surface area contributed by atoms with Crippen LogP contribution in [0.3, 0.4) is 0 Å². The van der Waals surface area contributed by atoms with E-state index in [1.165, 1.54) is 36.3 Å². The van der Waals surface area contributed by atoms with Gasteiger partial charge in [0.05, 0.1) is 12.1 Å². The molecule has 0 saturated carbocycles. The second-order valence-corrected chi connectivity index (χ2v) is 12.3. The van der Waals surface area contributed by atoms with Crippen molar-refractivity contribution in [1.29, 1.82) is 0 Å². The lowest BCUT2D eigenvalue weighted by Crippen LogP contribution is -2.34. The number of hydrogen-bond donors (Lipinski definition) is 0. The van der Waals surface area contributed by atoms with Gasteiger partial charge in [-0.15, -0.1) is 11.8 Å². The standard InChI is InChI=1S/C31H35F2N5O3S/c1-19(2)31-36-29(37-41-31)20-8-10-38(11-9-20)30-24-17-22(32)16-23(28(24)34-18-35-30)21-6-7-26(25(33)15-21)42-14-13-40-27-5-3-4-12-39-27/h6-7,15-20,27H,3-5,8-14H2,1-2H3. The lowest BCUT2D eigenvalue weighted by atomic mass is 9.95. The molecule has 0 spiro atoms. The fourth-order valence-corrected chi connectivity index (χ4v) is 6.31. The molecular weight excluding hydrogens is 560 g/mol.